The van der Waals surface area contributed by atoms with Crippen LogP contribution in [-0.4, -0.2) is 71.9 Å². The Hall–Kier alpha value is -2.81. The number of amides is 1. The van der Waals surface area contributed by atoms with E-state index in [1.807, 2.05) is 37.3 Å². The van der Waals surface area contributed by atoms with E-state index in [4.69, 9.17) is 16.3 Å². The minimum atomic E-state index is -0.970. The molecule has 1 amide bonds. The summed E-state index contributed by atoms with van der Waals surface area (Å²) in [5.41, 5.74) is 1.33. The zero-order valence-electron chi connectivity index (χ0n) is 21.0. The average molecular weight is 524 g/mol. The van der Waals surface area contributed by atoms with Crippen LogP contribution in [0.5, 0.6) is 0 Å². The fourth-order valence-corrected chi connectivity index (χ4v) is 6.24. The highest BCUT2D eigenvalue weighted by molar-refractivity contribution is 6.34. The Labute approximate surface area is 221 Å². The molecule has 6 rings (SSSR count). The second kappa shape index (κ2) is 9.49. The van der Waals surface area contributed by atoms with Gasteiger partial charge in [-0.1, -0.05) is 24.6 Å². The minimum absolute atomic E-state index is 0.0316. The summed E-state index contributed by atoms with van der Waals surface area (Å²) in [4.78, 5) is 26.3. The summed E-state index contributed by atoms with van der Waals surface area (Å²) in [5, 5.41) is 5.53. The molecule has 1 aromatic carbocycles. The Kier molecular flexibility index (Phi) is 6.29. The number of halogens is 2. The maximum atomic E-state index is 14.5. The summed E-state index contributed by atoms with van der Waals surface area (Å²) in [6.07, 6.45) is 2.54. The van der Waals surface area contributed by atoms with E-state index < -0.39 is 11.7 Å². The zero-order valence-corrected chi connectivity index (χ0v) is 21.8. The molecule has 3 aromatic rings. The van der Waals surface area contributed by atoms with Gasteiger partial charge < -0.3 is 15.0 Å². The van der Waals surface area contributed by atoms with Gasteiger partial charge in [0.2, 0.25) is 5.91 Å². The van der Waals surface area contributed by atoms with Gasteiger partial charge in [0.05, 0.1) is 35.4 Å². The van der Waals surface area contributed by atoms with Crippen molar-refractivity contribution in [2.24, 2.45) is 11.8 Å². The van der Waals surface area contributed by atoms with Gasteiger partial charge in [0, 0.05) is 55.6 Å². The third-order valence-corrected chi connectivity index (χ3v) is 8.73. The van der Waals surface area contributed by atoms with Gasteiger partial charge in [-0.3, -0.25) is 14.7 Å². The van der Waals surface area contributed by atoms with Gasteiger partial charge in [0.1, 0.15) is 12.0 Å². The van der Waals surface area contributed by atoms with Crippen LogP contribution in [0.3, 0.4) is 0 Å². The predicted molar refractivity (Wildman–Crippen MR) is 143 cm³/mol. The number of nitrogens with one attached hydrogen (secondary N) is 1. The summed E-state index contributed by atoms with van der Waals surface area (Å²) in [5.74, 6) is 0.760. The normalized spacial score (nSPS) is 30.0. The maximum Gasteiger partial charge on any atom is 0.229 e. The molecule has 7 nitrogen and oxygen atoms in total. The first-order valence-corrected chi connectivity index (χ1v) is 13.3. The SMILES string of the molecule is C[C@H]1[C@@H](C(=O)Nc2cc3cc(N4CCN([C@@]5(C)COC[C@H]5F)CC4)c(Cl)cc3cn2)[C@@H]1c1ccccn1. The second-order valence-corrected chi connectivity index (χ2v) is 11.1. The Morgan fingerprint density at radius 3 is 2.68 bits per heavy atom. The standard InChI is InChI=1S/C28H31ClFN5O2/c1-17-25(21-5-3-4-6-31-21)26(17)27(36)33-24-13-18-12-22(20(29)11-19(18)14-32-24)34-7-9-35(10-8-34)28(2)16-37-15-23(28)30/h3-6,11-14,17,23,25-26H,7-10,15-16H2,1-2H3,(H,32,33,36)/t17-,23-,25+,26-,28+/m1/s1. The van der Waals surface area contributed by atoms with Crippen LogP contribution in [-0.2, 0) is 9.53 Å². The van der Waals surface area contributed by atoms with E-state index in [0.717, 1.165) is 48.3 Å². The first-order valence-electron chi connectivity index (χ1n) is 12.9. The Morgan fingerprint density at radius 1 is 1.16 bits per heavy atom. The summed E-state index contributed by atoms with van der Waals surface area (Å²) in [6.45, 7) is 7.60. The lowest BCUT2D eigenvalue weighted by atomic mass is 9.96. The van der Waals surface area contributed by atoms with Crippen molar-refractivity contribution in [3.8, 4) is 0 Å². The van der Waals surface area contributed by atoms with Gasteiger partial charge in [-0.2, -0.15) is 0 Å². The molecule has 2 saturated heterocycles. The molecule has 1 aliphatic carbocycles. The molecular formula is C28H31ClFN5O2. The van der Waals surface area contributed by atoms with E-state index in [9.17, 15) is 9.18 Å². The van der Waals surface area contributed by atoms with Crippen LogP contribution in [0.1, 0.15) is 25.5 Å². The first-order chi connectivity index (χ1) is 17.8. The van der Waals surface area contributed by atoms with Gasteiger partial charge in [-0.05, 0) is 48.6 Å². The number of piperazine rings is 1. The molecule has 2 aliphatic heterocycles. The number of carbonyl (C=O) groups excluding carboxylic acids is 1. The molecule has 0 unspecified atom stereocenters. The summed E-state index contributed by atoms with van der Waals surface area (Å²) in [7, 11) is 0. The lowest BCUT2D eigenvalue weighted by Crippen LogP contribution is -2.59. The van der Waals surface area contributed by atoms with Crippen molar-refractivity contribution < 1.29 is 13.9 Å². The Morgan fingerprint density at radius 2 is 1.97 bits per heavy atom. The third kappa shape index (κ3) is 4.45. The van der Waals surface area contributed by atoms with Crippen molar-refractivity contribution in [3.63, 3.8) is 0 Å². The van der Waals surface area contributed by atoms with Gasteiger partial charge in [0.25, 0.3) is 0 Å². The van der Waals surface area contributed by atoms with Gasteiger partial charge in [-0.15, -0.1) is 0 Å². The molecular weight excluding hydrogens is 493 g/mol. The molecule has 3 aliphatic rings. The zero-order chi connectivity index (χ0) is 25.7. The molecule has 1 saturated carbocycles. The third-order valence-electron chi connectivity index (χ3n) is 8.43. The average Bonchev–Trinajstić information content (AvgIpc) is 3.47. The van der Waals surface area contributed by atoms with Crippen LogP contribution in [0.25, 0.3) is 10.8 Å². The minimum Gasteiger partial charge on any atom is -0.376 e. The molecule has 9 heteroatoms. The van der Waals surface area contributed by atoms with Gasteiger partial charge in [0.15, 0.2) is 0 Å². The lowest BCUT2D eigenvalue weighted by molar-refractivity contribution is -0.117. The largest absolute Gasteiger partial charge is 0.376 e. The molecule has 3 fully saturated rings. The van der Waals surface area contributed by atoms with Crippen molar-refractivity contribution >= 4 is 39.8 Å². The first kappa shape index (κ1) is 24.5. The number of rotatable bonds is 5. The molecule has 5 atom stereocenters. The highest BCUT2D eigenvalue weighted by Gasteiger charge is 2.53. The molecule has 4 heterocycles. The molecule has 1 N–H and O–H groups in total. The van der Waals surface area contributed by atoms with E-state index in [-0.39, 0.29) is 30.3 Å². The van der Waals surface area contributed by atoms with Crippen molar-refractivity contribution in [1.82, 2.24) is 14.9 Å². The summed E-state index contributed by atoms with van der Waals surface area (Å²) >= 11 is 6.68. The second-order valence-electron chi connectivity index (χ2n) is 10.7. The fourth-order valence-electron chi connectivity index (χ4n) is 5.95. The monoisotopic (exact) mass is 523 g/mol. The van der Waals surface area contributed by atoms with Crippen LogP contribution >= 0.6 is 11.6 Å². The van der Waals surface area contributed by atoms with Crippen molar-refractivity contribution in [3.05, 3.63) is 59.5 Å². The van der Waals surface area contributed by atoms with Crippen molar-refractivity contribution in [2.75, 3.05) is 49.6 Å². The number of fused-ring (bicyclic) bond motifs is 1. The predicted octanol–water partition coefficient (Wildman–Crippen LogP) is 4.52. The number of benzene rings is 1. The number of carbonyl (C=O) groups is 1. The molecule has 194 valence electrons. The maximum absolute atomic E-state index is 14.5. The molecule has 2 aromatic heterocycles. The number of anilines is 2. The fraction of sp³-hybridized carbons (Fsp3) is 0.464. The Bertz CT molecular complexity index is 1320. The Balaban J connectivity index is 1.16. The smallest absolute Gasteiger partial charge is 0.229 e. The highest BCUT2D eigenvalue weighted by Crippen LogP contribution is 2.53. The number of aromatic nitrogens is 2. The van der Waals surface area contributed by atoms with Crippen LogP contribution in [0.15, 0.2) is 48.8 Å². The summed E-state index contributed by atoms with van der Waals surface area (Å²) in [6, 6.07) is 11.7. The van der Waals surface area contributed by atoms with Crippen LogP contribution in [0.2, 0.25) is 5.02 Å². The molecule has 37 heavy (non-hydrogen) atoms. The number of hydrogen-bond donors (Lipinski definition) is 1. The highest BCUT2D eigenvalue weighted by atomic mass is 35.5. The van der Waals surface area contributed by atoms with E-state index >= 15 is 0 Å². The van der Waals surface area contributed by atoms with E-state index in [2.05, 4.69) is 38.1 Å². The number of hydrogen-bond acceptors (Lipinski definition) is 6. The quantitative estimate of drug-likeness (QED) is 0.530. The van der Waals surface area contributed by atoms with Gasteiger partial charge >= 0.3 is 0 Å². The van der Waals surface area contributed by atoms with Crippen LogP contribution in [0, 0.1) is 11.8 Å². The molecule has 0 bridgehead atoms. The number of ether oxygens (including phenoxy) is 1. The van der Waals surface area contributed by atoms with Crippen molar-refractivity contribution in [2.45, 2.75) is 31.5 Å². The van der Waals surface area contributed by atoms with E-state index in [0.29, 0.717) is 17.4 Å². The summed E-state index contributed by atoms with van der Waals surface area (Å²) < 4.78 is 19.9. The van der Waals surface area contributed by atoms with Gasteiger partial charge in [-0.25, -0.2) is 9.37 Å². The molecule has 0 spiro atoms. The lowest BCUT2D eigenvalue weighted by Gasteiger charge is -2.44. The number of nitrogens with zero attached hydrogens (tertiary/aromatic N) is 4. The van der Waals surface area contributed by atoms with E-state index in [1.54, 1.807) is 12.4 Å². The van der Waals surface area contributed by atoms with Crippen LogP contribution in [0.4, 0.5) is 15.9 Å². The topological polar surface area (TPSA) is 70.6 Å². The van der Waals surface area contributed by atoms with Crippen molar-refractivity contribution in [1.29, 1.82) is 0 Å². The molecule has 0 radical (unpaired) electrons. The number of alkyl halides is 1. The van der Waals surface area contributed by atoms with Crippen LogP contribution < -0.4 is 10.2 Å². The number of pyridine rings is 2. The van der Waals surface area contributed by atoms with E-state index in [1.165, 1.54) is 0 Å².